The smallest absolute Gasteiger partial charge is 0.330 e. The van der Waals surface area contributed by atoms with Crippen LogP contribution >= 0.6 is 0 Å². The number of aliphatic carboxylic acids is 1. The fraction of sp³-hybridized carbons (Fsp3) is 0.192. The van der Waals surface area contributed by atoms with Gasteiger partial charge in [-0.3, -0.25) is 4.79 Å². The minimum absolute atomic E-state index is 0.244. The lowest BCUT2D eigenvalue weighted by molar-refractivity contribution is -0.138. The highest BCUT2D eigenvalue weighted by Crippen LogP contribution is 2.32. The summed E-state index contributed by atoms with van der Waals surface area (Å²) < 4.78 is 16.6. The maximum atomic E-state index is 12.6. The molecule has 0 aliphatic carbocycles. The molecule has 0 bridgehead atoms. The van der Waals surface area contributed by atoms with Crippen LogP contribution in [0.25, 0.3) is 0 Å². The molecule has 0 aliphatic heterocycles. The number of carbonyl (C=O) groups excluding carboxylic acids is 1. The van der Waals surface area contributed by atoms with Crippen molar-refractivity contribution in [2.75, 3.05) is 25.6 Å². The average Bonchev–Trinajstić information content (AvgIpc) is 2.86. The second-order valence-corrected chi connectivity index (χ2v) is 7.16. The van der Waals surface area contributed by atoms with Crippen molar-refractivity contribution in [1.29, 1.82) is 5.26 Å². The molecule has 0 amide bonds. The summed E-state index contributed by atoms with van der Waals surface area (Å²) in [4.78, 5) is 24.6. The monoisotopic (exact) mass is 460 g/mol. The van der Waals surface area contributed by atoms with Crippen LogP contribution < -0.4 is 19.5 Å². The van der Waals surface area contributed by atoms with Crippen molar-refractivity contribution in [1.82, 2.24) is 0 Å². The number of anilines is 1. The maximum Gasteiger partial charge on any atom is 0.330 e. The molecule has 0 saturated heterocycles. The van der Waals surface area contributed by atoms with E-state index in [2.05, 4.69) is 5.32 Å². The molecular weight excluding hydrogens is 436 g/mol. The number of para-hydroxylation sites is 1. The third kappa shape index (κ3) is 5.84. The number of nitriles is 1. The molecule has 2 N–H and O–H groups in total. The van der Waals surface area contributed by atoms with Gasteiger partial charge < -0.3 is 24.6 Å². The number of carboxylic acids is 1. The number of hydrogen-bond donors (Lipinski definition) is 2. The second-order valence-electron chi connectivity index (χ2n) is 7.16. The highest BCUT2D eigenvalue weighted by atomic mass is 16.5. The number of hydrogen-bond acceptors (Lipinski definition) is 7. The van der Waals surface area contributed by atoms with Crippen LogP contribution in [0.2, 0.25) is 0 Å². The van der Waals surface area contributed by atoms with Crippen molar-refractivity contribution in [2.45, 2.75) is 13.0 Å². The Morgan fingerprint density at radius 3 is 2.38 bits per heavy atom. The normalized spacial score (nSPS) is 11.1. The predicted octanol–water partition coefficient (Wildman–Crippen LogP) is 4.47. The molecule has 0 radical (unpaired) electrons. The number of carboxylic acid groups (broad SMARTS) is 1. The number of methoxy groups -OCH3 is 1. The lowest BCUT2D eigenvalue weighted by atomic mass is 10.1. The Morgan fingerprint density at radius 1 is 1.00 bits per heavy atom. The van der Waals surface area contributed by atoms with Crippen molar-refractivity contribution in [2.24, 2.45) is 0 Å². The van der Waals surface area contributed by atoms with Gasteiger partial charge in [-0.15, -0.1) is 0 Å². The zero-order chi connectivity index (χ0) is 24.5. The molecule has 8 heteroatoms. The highest BCUT2D eigenvalue weighted by Gasteiger charge is 2.22. The summed E-state index contributed by atoms with van der Waals surface area (Å²) in [6.45, 7) is 1.87. The number of carbonyl (C=O) groups is 2. The van der Waals surface area contributed by atoms with Crippen molar-refractivity contribution in [3.63, 3.8) is 0 Å². The first-order valence-electron chi connectivity index (χ1n) is 10.5. The highest BCUT2D eigenvalue weighted by molar-refractivity contribution is 5.99. The molecule has 3 aromatic rings. The van der Waals surface area contributed by atoms with E-state index >= 15 is 0 Å². The number of nitrogens with one attached hydrogen (secondary N) is 1. The topological polar surface area (TPSA) is 118 Å². The Balaban J connectivity index is 1.80. The van der Waals surface area contributed by atoms with Crippen LogP contribution in [-0.2, 0) is 4.79 Å². The molecule has 3 rings (SSSR count). The molecule has 34 heavy (non-hydrogen) atoms. The molecule has 0 aromatic heterocycles. The molecule has 0 unspecified atom stereocenters. The molecule has 0 aliphatic rings. The molecular formula is C26H24N2O6. The standard InChI is InChI=1S/C26H24N2O6/c1-3-33-24-14-18(25(26(30)31)28-19-11-8-17(15-27)9-12-19)10-13-23(24)34-16-21(29)20-6-4-5-7-22(20)32-2/h4-14,25,28H,3,16H2,1-2H3,(H,30,31)/t25-/m1/s1. The quantitative estimate of drug-likeness (QED) is 0.403. The second kappa shape index (κ2) is 11.4. The van der Waals surface area contributed by atoms with Gasteiger partial charge in [0.2, 0.25) is 5.78 Å². The third-order valence-corrected chi connectivity index (χ3v) is 4.94. The summed E-state index contributed by atoms with van der Waals surface area (Å²) in [6.07, 6.45) is 0. The largest absolute Gasteiger partial charge is 0.496 e. The van der Waals surface area contributed by atoms with E-state index in [-0.39, 0.29) is 12.4 Å². The average molecular weight is 460 g/mol. The first-order valence-corrected chi connectivity index (χ1v) is 10.5. The number of nitrogens with zero attached hydrogens (tertiary/aromatic N) is 1. The Labute approximate surface area is 197 Å². The summed E-state index contributed by atoms with van der Waals surface area (Å²) in [5.41, 5.74) is 1.85. The fourth-order valence-electron chi connectivity index (χ4n) is 3.28. The molecule has 0 spiro atoms. The summed E-state index contributed by atoms with van der Waals surface area (Å²) >= 11 is 0. The first-order chi connectivity index (χ1) is 16.5. The number of Topliss-reactive ketones (excluding diaryl/α,β-unsaturated/α-hetero) is 1. The Hall–Kier alpha value is -4.51. The van der Waals surface area contributed by atoms with Gasteiger partial charge in [0.15, 0.2) is 24.1 Å². The summed E-state index contributed by atoms with van der Waals surface area (Å²) in [5, 5.41) is 21.7. The molecule has 0 saturated carbocycles. The van der Waals surface area contributed by atoms with E-state index in [1.807, 2.05) is 6.07 Å². The lowest BCUT2D eigenvalue weighted by Gasteiger charge is -2.19. The van der Waals surface area contributed by atoms with Crippen LogP contribution in [0.15, 0.2) is 66.7 Å². The Morgan fingerprint density at radius 2 is 1.74 bits per heavy atom. The minimum Gasteiger partial charge on any atom is -0.496 e. The van der Waals surface area contributed by atoms with E-state index in [9.17, 15) is 14.7 Å². The van der Waals surface area contributed by atoms with Crippen molar-refractivity contribution < 1.29 is 28.9 Å². The van der Waals surface area contributed by atoms with Crippen LogP contribution in [-0.4, -0.2) is 37.2 Å². The third-order valence-electron chi connectivity index (χ3n) is 4.94. The van der Waals surface area contributed by atoms with Gasteiger partial charge in [-0.2, -0.15) is 5.26 Å². The summed E-state index contributed by atoms with van der Waals surface area (Å²) in [6, 6.07) is 19.0. The van der Waals surface area contributed by atoms with Crippen LogP contribution in [0, 0.1) is 11.3 Å². The summed E-state index contributed by atoms with van der Waals surface area (Å²) in [7, 11) is 1.49. The van der Waals surface area contributed by atoms with Gasteiger partial charge in [0.1, 0.15) is 5.75 Å². The van der Waals surface area contributed by atoms with E-state index in [1.54, 1.807) is 73.7 Å². The van der Waals surface area contributed by atoms with E-state index in [1.165, 1.54) is 7.11 Å². The minimum atomic E-state index is -1.09. The van der Waals surface area contributed by atoms with Gasteiger partial charge in [-0.1, -0.05) is 18.2 Å². The van der Waals surface area contributed by atoms with Crippen LogP contribution in [0.4, 0.5) is 5.69 Å². The first kappa shape index (κ1) is 24.1. The predicted molar refractivity (Wildman–Crippen MR) is 126 cm³/mol. The molecule has 0 fully saturated rings. The van der Waals surface area contributed by atoms with E-state index in [0.29, 0.717) is 46.2 Å². The van der Waals surface area contributed by atoms with Crippen molar-refractivity contribution >= 4 is 17.4 Å². The van der Waals surface area contributed by atoms with Gasteiger partial charge >= 0.3 is 5.97 Å². The number of benzene rings is 3. The van der Waals surface area contributed by atoms with Crippen molar-refractivity contribution in [3.8, 4) is 23.3 Å². The number of ketones is 1. The van der Waals surface area contributed by atoms with E-state index in [0.717, 1.165) is 0 Å². The molecule has 0 heterocycles. The number of rotatable bonds is 11. The molecule has 3 aromatic carbocycles. The zero-order valence-corrected chi connectivity index (χ0v) is 18.8. The fourth-order valence-corrected chi connectivity index (χ4v) is 3.28. The lowest BCUT2D eigenvalue weighted by Crippen LogP contribution is -2.20. The SMILES string of the molecule is CCOc1cc([C@@H](Nc2ccc(C#N)cc2)C(=O)O)ccc1OCC(=O)c1ccccc1OC. The van der Waals surface area contributed by atoms with Gasteiger partial charge in [0.25, 0.3) is 0 Å². The van der Waals surface area contributed by atoms with Crippen LogP contribution in [0.1, 0.15) is 34.5 Å². The van der Waals surface area contributed by atoms with Gasteiger partial charge in [-0.05, 0) is 61.0 Å². The Bertz CT molecular complexity index is 1200. The zero-order valence-electron chi connectivity index (χ0n) is 18.8. The Kier molecular flexibility index (Phi) is 8.08. The van der Waals surface area contributed by atoms with Crippen molar-refractivity contribution in [3.05, 3.63) is 83.4 Å². The molecule has 8 nitrogen and oxygen atoms in total. The van der Waals surface area contributed by atoms with E-state index in [4.69, 9.17) is 19.5 Å². The molecule has 174 valence electrons. The number of ether oxygens (including phenoxy) is 3. The van der Waals surface area contributed by atoms with Gasteiger partial charge in [0, 0.05) is 5.69 Å². The van der Waals surface area contributed by atoms with Crippen LogP contribution in [0.5, 0.6) is 17.2 Å². The van der Waals surface area contributed by atoms with Gasteiger partial charge in [-0.25, -0.2) is 4.79 Å². The summed E-state index contributed by atoms with van der Waals surface area (Å²) in [5.74, 6) is -0.270. The molecule has 1 atom stereocenters. The maximum absolute atomic E-state index is 12.6. The van der Waals surface area contributed by atoms with E-state index < -0.39 is 12.0 Å². The van der Waals surface area contributed by atoms with Crippen LogP contribution in [0.3, 0.4) is 0 Å². The van der Waals surface area contributed by atoms with Gasteiger partial charge in [0.05, 0.1) is 30.9 Å².